The first kappa shape index (κ1) is 24.3. The zero-order chi connectivity index (χ0) is 24.8. The Kier molecular flexibility index (Phi) is 7.36. The second kappa shape index (κ2) is 10.6. The third-order valence-electron chi connectivity index (χ3n) is 4.61. The minimum absolute atomic E-state index is 0.0291. The summed E-state index contributed by atoms with van der Waals surface area (Å²) in [5.41, 5.74) is 3.71. The van der Waals surface area contributed by atoms with Gasteiger partial charge in [0.2, 0.25) is 17.8 Å². The van der Waals surface area contributed by atoms with E-state index in [1.54, 1.807) is 6.07 Å². The van der Waals surface area contributed by atoms with E-state index in [0.717, 1.165) is 0 Å². The van der Waals surface area contributed by atoms with Crippen molar-refractivity contribution in [3.05, 3.63) is 53.1 Å². The minimum Gasteiger partial charge on any atom is -0.508 e. The molecule has 10 nitrogen and oxygen atoms in total. The molecule has 0 saturated carbocycles. The number of hydrogen-bond acceptors (Lipinski definition) is 10. The Hall–Kier alpha value is -3.84. The number of rotatable bonds is 7. The number of hydrogen-bond donors (Lipinski definition) is 3. The summed E-state index contributed by atoms with van der Waals surface area (Å²) >= 11 is 6.08. The molecule has 0 unspecified atom stereocenters. The van der Waals surface area contributed by atoms with Crippen LogP contribution in [0, 0.1) is 0 Å². The fraction of sp³-hybridized carbons (Fsp3) is 0.238. The molecule has 1 aromatic heterocycles. The fourth-order valence-electron chi connectivity index (χ4n) is 3.02. The van der Waals surface area contributed by atoms with E-state index < -0.39 is 6.36 Å². The molecule has 1 saturated heterocycles. The Labute approximate surface area is 202 Å². The SMILES string of the molecule is Oc1ccc(/C=N/Nc2nc(Nc3ccc(OC(F)(F)F)cc3)nc(N3CCOCC3)n2)c(Cl)c1. The Morgan fingerprint density at radius 1 is 1.06 bits per heavy atom. The van der Waals surface area contributed by atoms with Crippen molar-refractivity contribution in [1.82, 2.24) is 15.0 Å². The number of morpholine rings is 1. The van der Waals surface area contributed by atoms with Crippen LogP contribution in [-0.2, 0) is 4.74 Å². The molecule has 1 aliphatic rings. The summed E-state index contributed by atoms with van der Waals surface area (Å²) in [5, 5.41) is 16.8. The highest BCUT2D eigenvalue weighted by Crippen LogP contribution is 2.25. The molecule has 0 atom stereocenters. The van der Waals surface area contributed by atoms with Gasteiger partial charge in [0.1, 0.15) is 11.5 Å². The van der Waals surface area contributed by atoms with E-state index in [0.29, 0.717) is 48.5 Å². The fourth-order valence-corrected chi connectivity index (χ4v) is 3.25. The number of halogens is 4. The monoisotopic (exact) mass is 509 g/mol. The average Bonchev–Trinajstić information content (AvgIpc) is 2.81. The van der Waals surface area contributed by atoms with Crippen LogP contribution in [0.1, 0.15) is 5.56 Å². The molecule has 2 heterocycles. The van der Waals surface area contributed by atoms with Crippen LogP contribution in [0.4, 0.5) is 36.7 Å². The smallest absolute Gasteiger partial charge is 0.508 e. The van der Waals surface area contributed by atoms with Gasteiger partial charge < -0.3 is 24.8 Å². The lowest BCUT2D eigenvalue weighted by atomic mass is 10.2. The van der Waals surface area contributed by atoms with E-state index in [-0.39, 0.29) is 23.4 Å². The number of aromatic nitrogens is 3. The molecule has 184 valence electrons. The zero-order valence-corrected chi connectivity index (χ0v) is 18.7. The Morgan fingerprint density at radius 2 is 1.77 bits per heavy atom. The highest BCUT2D eigenvalue weighted by atomic mass is 35.5. The van der Waals surface area contributed by atoms with E-state index in [9.17, 15) is 18.3 Å². The minimum atomic E-state index is -4.78. The van der Waals surface area contributed by atoms with Gasteiger partial charge in [0, 0.05) is 24.3 Å². The molecular weight excluding hydrogens is 491 g/mol. The molecule has 0 radical (unpaired) electrons. The number of anilines is 4. The van der Waals surface area contributed by atoms with Crippen LogP contribution in [0.25, 0.3) is 0 Å². The lowest BCUT2D eigenvalue weighted by molar-refractivity contribution is -0.274. The molecule has 3 N–H and O–H groups in total. The molecule has 3 aromatic rings. The first-order valence-corrected chi connectivity index (χ1v) is 10.6. The van der Waals surface area contributed by atoms with Gasteiger partial charge in [-0.15, -0.1) is 13.2 Å². The van der Waals surface area contributed by atoms with Gasteiger partial charge in [-0.25, -0.2) is 5.43 Å². The highest BCUT2D eigenvalue weighted by molar-refractivity contribution is 6.33. The van der Waals surface area contributed by atoms with Gasteiger partial charge in [0.05, 0.1) is 24.5 Å². The normalized spacial score (nSPS) is 14.2. The van der Waals surface area contributed by atoms with E-state index in [4.69, 9.17) is 16.3 Å². The van der Waals surface area contributed by atoms with Crippen molar-refractivity contribution in [1.29, 1.82) is 0 Å². The number of nitrogens with one attached hydrogen (secondary N) is 2. The topological polar surface area (TPSA) is 117 Å². The molecule has 0 bridgehead atoms. The van der Waals surface area contributed by atoms with Crippen molar-refractivity contribution >= 4 is 41.3 Å². The summed E-state index contributed by atoms with van der Waals surface area (Å²) in [6.45, 7) is 2.16. The Morgan fingerprint density at radius 3 is 2.46 bits per heavy atom. The number of ether oxygens (including phenoxy) is 2. The molecule has 35 heavy (non-hydrogen) atoms. The maximum atomic E-state index is 12.4. The van der Waals surface area contributed by atoms with Gasteiger partial charge >= 0.3 is 6.36 Å². The number of aromatic hydroxyl groups is 1. The number of benzene rings is 2. The summed E-state index contributed by atoms with van der Waals surface area (Å²) in [5.74, 6) is 0.306. The van der Waals surface area contributed by atoms with Crippen LogP contribution in [-0.4, -0.2) is 58.9 Å². The van der Waals surface area contributed by atoms with E-state index in [1.807, 2.05) is 4.90 Å². The van der Waals surface area contributed by atoms with Gasteiger partial charge in [-0.2, -0.15) is 20.1 Å². The maximum Gasteiger partial charge on any atom is 0.573 e. The van der Waals surface area contributed by atoms with Crippen molar-refractivity contribution in [2.45, 2.75) is 6.36 Å². The summed E-state index contributed by atoms with van der Waals surface area (Å²) in [6, 6.07) is 9.59. The molecule has 0 spiro atoms. The molecule has 4 rings (SSSR count). The van der Waals surface area contributed by atoms with Crippen molar-refractivity contribution in [2.24, 2.45) is 5.10 Å². The maximum absolute atomic E-state index is 12.4. The lowest BCUT2D eigenvalue weighted by Crippen LogP contribution is -2.37. The lowest BCUT2D eigenvalue weighted by Gasteiger charge is -2.27. The van der Waals surface area contributed by atoms with Gasteiger partial charge in [-0.05, 0) is 42.5 Å². The summed E-state index contributed by atoms with van der Waals surface area (Å²) in [7, 11) is 0. The van der Waals surface area contributed by atoms with Crippen molar-refractivity contribution < 1.29 is 27.8 Å². The molecule has 0 amide bonds. The summed E-state index contributed by atoms with van der Waals surface area (Å²) < 4.78 is 46.4. The van der Waals surface area contributed by atoms with Crippen LogP contribution in [0.2, 0.25) is 5.02 Å². The third-order valence-corrected chi connectivity index (χ3v) is 4.94. The highest BCUT2D eigenvalue weighted by Gasteiger charge is 2.31. The first-order chi connectivity index (χ1) is 16.7. The Bertz CT molecular complexity index is 1190. The average molecular weight is 510 g/mol. The number of hydrazone groups is 1. The molecular formula is C21H19ClF3N7O3. The first-order valence-electron chi connectivity index (χ1n) is 10.2. The van der Waals surface area contributed by atoms with Crippen LogP contribution < -0.4 is 20.4 Å². The van der Waals surface area contributed by atoms with Crippen LogP contribution in [0.3, 0.4) is 0 Å². The van der Waals surface area contributed by atoms with Crippen molar-refractivity contribution in [3.8, 4) is 11.5 Å². The Balaban J connectivity index is 1.54. The van der Waals surface area contributed by atoms with Crippen LogP contribution in [0.5, 0.6) is 11.5 Å². The standard InChI is InChI=1S/C21H19ClF3N7O3/c22-17-11-15(33)4-1-13(17)12-26-31-19-28-18(29-20(30-19)32-7-9-34-10-8-32)27-14-2-5-16(6-3-14)35-21(23,24)25/h1-6,11-12,33H,7-10H2,(H2,27,28,29,30,31)/b26-12+. The van der Waals surface area contributed by atoms with Crippen molar-refractivity contribution in [3.63, 3.8) is 0 Å². The number of phenols is 1. The van der Waals surface area contributed by atoms with Gasteiger partial charge in [-0.3, -0.25) is 0 Å². The van der Waals surface area contributed by atoms with Crippen molar-refractivity contribution in [2.75, 3.05) is 41.9 Å². The predicted molar refractivity (Wildman–Crippen MR) is 124 cm³/mol. The molecule has 2 aromatic carbocycles. The van der Waals surface area contributed by atoms with E-state index in [1.165, 1.54) is 42.6 Å². The van der Waals surface area contributed by atoms with Crippen LogP contribution >= 0.6 is 11.6 Å². The molecule has 0 aliphatic carbocycles. The molecule has 1 fully saturated rings. The van der Waals surface area contributed by atoms with Crippen LogP contribution in [0.15, 0.2) is 47.6 Å². The number of phenolic OH excluding ortho intramolecular Hbond substituents is 1. The second-order valence-electron chi connectivity index (χ2n) is 7.16. The largest absolute Gasteiger partial charge is 0.573 e. The van der Waals surface area contributed by atoms with Gasteiger partial charge in [-0.1, -0.05) is 11.6 Å². The van der Waals surface area contributed by atoms with E-state index >= 15 is 0 Å². The summed E-state index contributed by atoms with van der Waals surface area (Å²) in [4.78, 5) is 15.0. The molecule has 1 aliphatic heterocycles. The third kappa shape index (κ3) is 7.07. The second-order valence-corrected chi connectivity index (χ2v) is 7.56. The zero-order valence-electron chi connectivity index (χ0n) is 18.0. The number of alkyl halides is 3. The van der Waals surface area contributed by atoms with E-state index in [2.05, 4.69) is 35.5 Å². The quantitative estimate of drug-likeness (QED) is 0.319. The molecule has 14 heteroatoms. The number of nitrogens with zero attached hydrogens (tertiary/aromatic N) is 5. The predicted octanol–water partition coefficient (Wildman–Crippen LogP) is 4.16. The van der Waals surface area contributed by atoms with Gasteiger partial charge in [0.15, 0.2) is 0 Å². The summed E-state index contributed by atoms with van der Waals surface area (Å²) in [6.07, 6.45) is -3.34. The van der Waals surface area contributed by atoms with Gasteiger partial charge in [0.25, 0.3) is 0 Å².